The summed E-state index contributed by atoms with van der Waals surface area (Å²) in [5.74, 6) is -0.466. The summed E-state index contributed by atoms with van der Waals surface area (Å²) in [4.78, 5) is 10.6. The van der Waals surface area contributed by atoms with E-state index in [1.807, 2.05) is 0 Å². The maximum Gasteiger partial charge on any atom is 0.237 e. The molecule has 66 valence electrons. The highest BCUT2D eigenvalue weighted by molar-refractivity contribution is 8.93. The third-order valence-corrected chi connectivity index (χ3v) is 1.73. The molecule has 1 fully saturated rings. The van der Waals surface area contributed by atoms with Crippen LogP contribution in [-0.4, -0.2) is 29.7 Å². The molecule has 0 saturated carbocycles. The fourth-order valence-electron chi connectivity index (χ4n) is 1.16. The highest BCUT2D eigenvalue weighted by Gasteiger charge is 2.26. The molecule has 1 rings (SSSR count). The zero-order valence-corrected chi connectivity index (χ0v) is 7.83. The Bertz CT molecular complexity index is 143. The summed E-state index contributed by atoms with van der Waals surface area (Å²) in [6.07, 6.45) is 0.984. The van der Waals surface area contributed by atoms with Gasteiger partial charge in [-0.2, -0.15) is 0 Å². The molecule has 0 unspecified atom stereocenters. The number of carbonyl (C=O) groups excluding carboxylic acids is 1. The quantitative estimate of drug-likeness (QED) is 0.544. The van der Waals surface area contributed by atoms with Crippen LogP contribution in [0.15, 0.2) is 0 Å². The second-order valence-corrected chi connectivity index (χ2v) is 2.54. The Labute approximate surface area is 75.9 Å². The Morgan fingerprint density at radius 1 is 1.64 bits per heavy atom. The first-order valence-electron chi connectivity index (χ1n) is 3.42. The van der Waals surface area contributed by atoms with Gasteiger partial charge in [0.1, 0.15) is 6.04 Å². The van der Waals surface area contributed by atoms with Gasteiger partial charge in [0.25, 0.3) is 0 Å². The Morgan fingerprint density at radius 2 is 2.27 bits per heavy atom. The maximum absolute atomic E-state index is 10.6. The summed E-state index contributed by atoms with van der Waals surface area (Å²) in [5.41, 5.74) is 5.00. The number of nitrogens with two attached hydrogens (primary N) is 1. The molecule has 0 aromatic heterocycles. The van der Waals surface area contributed by atoms with Crippen molar-refractivity contribution in [2.45, 2.75) is 25.0 Å². The molecule has 0 radical (unpaired) electrons. The van der Waals surface area contributed by atoms with Gasteiger partial charge in [-0.05, 0) is 19.4 Å². The molecule has 1 aliphatic heterocycles. The molecular weight excluding hydrogens is 212 g/mol. The smallest absolute Gasteiger partial charge is 0.237 e. The van der Waals surface area contributed by atoms with Crippen LogP contribution < -0.4 is 11.1 Å². The summed E-state index contributed by atoms with van der Waals surface area (Å²) in [6, 6.07) is -0.534. The van der Waals surface area contributed by atoms with E-state index in [0.717, 1.165) is 13.0 Å². The van der Waals surface area contributed by atoms with E-state index in [1.165, 1.54) is 0 Å². The molecule has 1 aliphatic rings. The predicted molar refractivity (Wildman–Crippen MR) is 46.5 cm³/mol. The van der Waals surface area contributed by atoms with Gasteiger partial charge in [0, 0.05) is 0 Å². The monoisotopic (exact) mass is 224 g/mol. The van der Waals surface area contributed by atoms with E-state index in [-0.39, 0.29) is 17.0 Å². The number of amides is 1. The largest absolute Gasteiger partial charge is 0.391 e. The van der Waals surface area contributed by atoms with E-state index in [0.29, 0.717) is 6.42 Å². The van der Waals surface area contributed by atoms with Gasteiger partial charge in [-0.25, -0.2) is 0 Å². The Kier molecular flexibility index (Phi) is 4.63. The van der Waals surface area contributed by atoms with Crippen LogP contribution in [0.4, 0.5) is 0 Å². The van der Waals surface area contributed by atoms with Crippen molar-refractivity contribution < 1.29 is 9.90 Å². The average molecular weight is 225 g/mol. The van der Waals surface area contributed by atoms with Crippen molar-refractivity contribution in [1.29, 1.82) is 0 Å². The topological polar surface area (TPSA) is 75.4 Å². The lowest BCUT2D eigenvalue weighted by molar-refractivity contribution is -0.123. The molecule has 0 aromatic rings. The molecule has 4 N–H and O–H groups in total. The first-order chi connectivity index (χ1) is 4.72. The molecule has 0 aliphatic carbocycles. The van der Waals surface area contributed by atoms with Crippen molar-refractivity contribution in [3.8, 4) is 0 Å². The number of carbonyl (C=O) groups is 1. The van der Waals surface area contributed by atoms with Gasteiger partial charge >= 0.3 is 0 Å². The minimum atomic E-state index is -0.591. The van der Waals surface area contributed by atoms with E-state index >= 15 is 0 Å². The molecule has 11 heavy (non-hydrogen) atoms. The van der Waals surface area contributed by atoms with Crippen LogP contribution >= 0.6 is 17.0 Å². The average Bonchev–Trinajstić information content (AvgIpc) is 1.88. The van der Waals surface area contributed by atoms with Crippen LogP contribution in [0, 0.1) is 0 Å². The molecular formula is C6H13BrN2O2. The normalized spacial score (nSPS) is 30.6. The number of rotatable bonds is 1. The number of hydrogen-bond donors (Lipinski definition) is 3. The van der Waals surface area contributed by atoms with Crippen LogP contribution in [-0.2, 0) is 4.79 Å². The van der Waals surface area contributed by atoms with Crippen molar-refractivity contribution in [2.24, 2.45) is 5.73 Å². The van der Waals surface area contributed by atoms with Gasteiger partial charge in [-0.15, -0.1) is 17.0 Å². The van der Waals surface area contributed by atoms with E-state index < -0.39 is 18.1 Å². The second-order valence-electron chi connectivity index (χ2n) is 2.54. The van der Waals surface area contributed by atoms with Gasteiger partial charge in [0.05, 0.1) is 6.10 Å². The minimum absolute atomic E-state index is 0. The third-order valence-electron chi connectivity index (χ3n) is 1.73. The number of nitrogens with one attached hydrogen (secondary N) is 1. The Balaban J connectivity index is 0.000001000. The lowest BCUT2D eigenvalue weighted by Crippen LogP contribution is -2.52. The van der Waals surface area contributed by atoms with Crippen LogP contribution in [0.2, 0.25) is 0 Å². The summed E-state index contributed by atoms with van der Waals surface area (Å²) in [7, 11) is 0. The number of primary amides is 1. The van der Waals surface area contributed by atoms with Gasteiger partial charge in [-0.3, -0.25) is 4.79 Å². The number of aliphatic hydroxyl groups excluding tert-OH is 1. The highest BCUT2D eigenvalue weighted by Crippen LogP contribution is 2.07. The fraction of sp³-hybridized carbons (Fsp3) is 0.833. The van der Waals surface area contributed by atoms with Crippen LogP contribution in [0.5, 0.6) is 0 Å². The molecule has 0 aromatic carbocycles. The van der Waals surface area contributed by atoms with E-state index in [1.54, 1.807) is 0 Å². The molecule has 1 heterocycles. The summed E-state index contributed by atoms with van der Waals surface area (Å²) in [6.45, 7) is 0.769. The maximum atomic E-state index is 10.6. The molecule has 1 saturated heterocycles. The standard InChI is InChI=1S/C6H12N2O2.BrH/c7-6(10)5-4(9)2-1-3-8-5;/h4-5,8-9H,1-3H2,(H2,7,10);1H/t4-,5+;/m0./s1. The number of piperidine rings is 1. The zero-order valence-electron chi connectivity index (χ0n) is 6.12. The third kappa shape index (κ3) is 2.76. The first-order valence-corrected chi connectivity index (χ1v) is 3.42. The highest BCUT2D eigenvalue weighted by atomic mass is 79.9. The van der Waals surface area contributed by atoms with E-state index in [4.69, 9.17) is 5.73 Å². The molecule has 2 atom stereocenters. The van der Waals surface area contributed by atoms with Crippen molar-refractivity contribution in [3.05, 3.63) is 0 Å². The van der Waals surface area contributed by atoms with Crippen molar-refractivity contribution in [3.63, 3.8) is 0 Å². The van der Waals surface area contributed by atoms with Gasteiger partial charge < -0.3 is 16.2 Å². The van der Waals surface area contributed by atoms with Crippen molar-refractivity contribution >= 4 is 22.9 Å². The Hall–Kier alpha value is -0.130. The van der Waals surface area contributed by atoms with E-state index in [2.05, 4.69) is 5.32 Å². The van der Waals surface area contributed by atoms with Crippen molar-refractivity contribution in [2.75, 3.05) is 6.54 Å². The van der Waals surface area contributed by atoms with Crippen LogP contribution in [0.3, 0.4) is 0 Å². The summed E-state index contributed by atoms with van der Waals surface area (Å²) < 4.78 is 0. The molecule has 4 nitrogen and oxygen atoms in total. The SMILES string of the molecule is Br.NC(=O)[C@@H]1NCCC[C@@H]1O. The van der Waals surface area contributed by atoms with Crippen molar-refractivity contribution in [1.82, 2.24) is 5.32 Å². The minimum Gasteiger partial charge on any atom is -0.391 e. The number of halogens is 1. The lowest BCUT2D eigenvalue weighted by atomic mass is 10.0. The summed E-state index contributed by atoms with van der Waals surface area (Å²) >= 11 is 0. The van der Waals surface area contributed by atoms with Gasteiger partial charge in [-0.1, -0.05) is 0 Å². The number of aliphatic hydroxyl groups is 1. The van der Waals surface area contributed by atoms with Crippen LogP contribution in [0.1, 0.15) is 12.8 Å². The first kappa shape index (κ1) is 10.9. The fourth-order valence-corrected chi connectivity index (χ4v) is 1.16. The molecule has 5 heteroatoms. The molecule has 1 amide bonds. The van der Waals surface area contributed by atoms with Gasteiger partial charge in [0.2, 0.25) is 5.91 Å². The zero-order chi connectivity index (χ0) is 7.56. The number of hydrogen-bond acceptors (Lipinski definition) is 3. The van der Waals surface area contributed by atoms with E-state index in [9.17, 15) is 9.90 Å². The summed E-state index contributed by atoms with van der Waals surface area (Å²) in [5, 5.41) is 12.0. The van der Waals surface area contributed by atoms with Gasteiger partial charge in [0.15, 0.2) is 0 Å². The molecule has 0 bridgehead atoms. The second kappa shape index (κ2) is 4.69. The van der Waals surface area contributed by atoms with Crippen LogP contribution in [0.25, 0.3) is 0 Å². The lowest BCUT2D eigenvalue weighted by Gasteiger charge is -2.25. The Morgan fingerprint density at radius 3 is 2.64 bits per heavy atom. The molecule has 0 spiro atoms. The predicted octanol–water partition coefficient (Wildman–Crippen LogP) is -0.838.